The third-order valence-electron chi connectivity index (χ3n) is 1.24. The van der Waals surface area contributed by atoms with Gasteiger partial charge < -0.3 is 0 Å². The molecule has 0 aromatic heterocycles. The summed E-state index contributed by atoms with van der Waals surface area (Å²) in [5.41, 5.74) is 0.952. The van der Waals surface area contributed by atoms with Gasteiger partial charge in [-0.25, -0.2) is 0 Å². The first kappa shape index (κ1) is 7.17. The van der Waals surface area contributed by atoms with Crippen LogP contribution in [-0.2, 0) is 0 Å². The molecule has 1 rings (SSSR count). The van der Waals surface area contributed by atoms with Gasteiger partial charge in [0.2, 0.25) is 0 Å². The standard InChI is InChI=1S/C8H7NS/c9-6-8(10)7-4-2-1-3-5-7/h1-5,8,10H. The van der Waals surface area contributed by atoms with E-state index in [0.717, 1.165) is 5.56 Å². The Morgan fingerprint density at radius 2 is 1.90 bits per heavy atom. The Hall–Kier alpha value is -0.940. The van der Waals surface area contributed by atoms with E-state index in [1.54, 1.807) is 0 Å². The van der Waals surface area contributed by atoms with Gasteiger partial charge in [-0.1, -0.05) is 30.3 Å². The molecule has 0 radical (unpaired) electrons. The minimum atomic E-state index is -0.291. The largest absolute Gasteiger partial charge is 0.197 e. The van der Waals surface area contributed by atoms with Crippen LogP contribution in [-0.4, -0.2) is 0 Å². The van der Waals surface area contributed by atoms with E-state index in [-0.39, 0.29) is 5.25 Å². The average molecular weight is 149 g/mol. The highest BCUT2D eigenvalue weighted by Crippen LogP contribution is 2.16. The van der Waals surface area contributed by atoms with Crippen molar-refractivity contribution in [2.75, 3.05) is 0 Å². The second-order valence-electron chi connectivity index (χ2n) is 1.94. The second kappa shape index (κ2) is 3.28. The topological polar surface area (TPSA) is 23.8 Å². The molecule has 1 atom stereocenters. The van der Waals surface area contributed by atoms with Crippen LogP contribution in [0.1, 0.15) is 10.8 Å². The van der Waals surface area contributed by atoms with Crippen LogP contribution < -0.4 is 0 Å². The highest BCUT2D eigenvalue weighted by molar-refractivity contribution is 7.80. The zero-order chi connectivity index (χ0) is 7.40. The van der Waals surface area contributed by atoms with Gasteiger partial charge in [0.05, 0.1) is 6.07 Å². The fraction of sp³-hybridized carbons (Fsp3) is 0.125. The quantitative estimate of drug-likeness (QED) is 0.608. The van der Waals surface area contributed by atoms with E-state index in [1.165, 1.54) is 0 Å². The molecule has 0 fully saturated rings. The minimum Gasteiger partial charge on any atom is -0.197 e. The summed E-state index contributed by atoms with van der Waals surface area (Å²) >= 11 is 4.06. The molecule has 50 valence electrons. The van der Waals surface area contributed by atoms with E-state index in [9.17, 15) is 0 Å². The van der Waals surface area contributed by atoms with Gasteiger partial charge in [0, 0.05) is 0 Å². The van der Waals surface area contributed by atoms with E-state index in [4.69, 9.17) is 5.26 Å². The normalized spacial score (nSPS) is 12.0. The highest BCUT2D eigenvalue weighted by atomic mass is 32.1. The van der Waals surface area contributed by atoms with Crippen LogP contribution in [0, 0.1) is 11.3 Å². The van der Waals surface area contributed by atoms with Crippen molar-refractivity contribution in [1.29, 1.82) is 5.26 Å². The lowest BCUT2D eigenvalue weighted by Gasteiger charge is -1.98. The highest BCUT2D eigenvalue weighted by Gasteiger charge is 2.00. The van der Waals surface area contributed by atoms with E-state index in [1.807, 2.05) is 36.4 Å². The van der Waals surface area contributed by atoms with Crippen LogP contribution in [0.25, 0.3) is 0 Å². The average Bonchev–Trinajstić information content (AvgIpc) is 2.05. The monoisotopic (exact) mass is 149 g/mol. The zero-order valence-electron chi connectivity index (χ0n) is 5.36. The number of hydrogen-bond donors (Lipinski definition) is 1. The maximum Gasteiger partial charge on any atom is 0.114 e. The molecular weight excluding hydrogens is 142 g/mol. The van der Waals surface area contributed by atoms with Gasteiger partial charge in [-0.2, -0.15) is 17.9 Å². The molecule has 0 saturated heterocycles. The fourth-order valence-electron chi connectivity index (χ4n) is 0.710. The third-order valence-corrected chi connectivity index (χ3v) is 1.65. The van der Waals surface area contributed by atoms with Crippen molar-refractivity contribution < 1.29 is 0 Å². The van der Waals surface area contributed by atoms with Gasteiger partial charge in [0.15, 0.2) is 0 Å². The van der Waals surface area contributed by atoms with Gasteiger partial charge >= 0.3 is 0 Å². The molecule has 2 heteroatoms. The Morgan fingerprint density at radius 3 is 2.40 bits per heavy atom. The van der Waals surface area contributed by atoms with Crippen molar-refractivity contribution in [3.8, 4) is 6.07 Å². The molecule has 1 unspecified atom stereocenters. The van der Waals surface area contributed by atoms with Gasteiger partial charge in [-0.05, 0) is 5.56 Å². The molecule has 0 N–H and O–H groups in total. The molecule has 0 amide bonds. The molecule has 0 heterocycles. The lowest BCUT2D eigenvalue weighted by atomic mass is 10.2. The van der Waals surface area contributed by atoms with E-state index in [0.29, 0.717) is 0 Å². The summed E-state index contributed by atoms with van der Waals surface area (Å²) in [7, 11) is 0. The maximum absolute atomic E-state index is 8.46. The summed E-state index contributed by atoms with van der Waals surface area (Å²) in [6, 6.07) is 11.5. The first-order chi connectivity index (χ1) is 4.84. The summed E-state index contributed by atoms with van der Waals surface area (Å²) in [5, 5.41) is 8.17. The number of nitrogens with zero attached hydrogens (tertiary/aromatic N) is 1. The summed E-state index contributed by atoms with van der Waals surface area (Å²) in [6.45, 7) is 0. The van der Waals surface area contributed by atoms with Crippen molar-refractivity contribution >= 4 is 12.6 Å². The van der Waals surface area contributed by atoms with Crippen LogP contribution in [0.5, 0.6) is 0 Å². The Morgan fingerprint density at radius 1 is 1.30 bits per heavy atom. The minimum absolute atomic E-state index is 0.291. The van der Waals surface area contributed by atoms with Crippen LogP contribution in [0.2, 0.25) is 0 Å². The first-order valence-corrected chi connectivity index (χ1v) is 3.49. The lowest BCUT2D eigenvalue weighted by Crippen LogP contribution is -1.83. The second-order valence-corrected chi connectivity index (χ2v) is 2.46. The van der Waals surface area contributed by atoms with Crippen molar-refractivity contribution in [2.24, 2.45) is 0 Å². The van der Waals surface area contributed by atoms with Crippen LogP contribution >= 0.6 is 12.6 Å². The van der Waals surface area contributed by atoms with Crippen LogP contribution in [0.15, 0.2) is 30.3 Å². The van der Waals surface area contributed by atoms with E-state index < -0.39 is 0 Å². The van der Waals surface area contributed by atoms with Crippen LogP contribution in [0.3, 0.4) is 0 Å². The summed E-state index contributed by atoms with van der Waals surface area (Å²) < 4.78 is 0. The number of thiol groups is 1. The number of benzene rings is 1. The molecule has 1 aromatic rings. The summed E-state index contributed by atoms with van der Waals surface area (Å²) in [6.07, 6.45) is 0. The third kappa shape index (κ3) is 1.52. The molecular formula is C8H7NS. The van der Waals surface area contributed by atoms with Gasteiger partial charge in [-0.15, -0.1) is 0 Å². The van der Waals surface area contributed by atoms with Crippen molar-refractivity contribution in [2.45, 2.75) is 5.25 Å². The number of rotatable bonds is 1. The maximum atomic E-state index is 8.46. The Balaban J connectivity index is 2.88. The SMILES string of the molecule is N#CC(S)c1ccccc1. The lowest BCUT2D eigenvalue weighted by molar-refractivity contribution is 1.24. The Labute approximate surface area is 65.7 Å². The van der Waals surface area contributed by atoms with Crippen LogP contribution in [0.4, 0.5) is 0 Å². The number of hydrogen-bond acceptors (Lipinski definition) is 2. The molecule has 0 saturated carbocycles. The molecule has 0 aliphatic rings. The summed E-state index contributed by atoms with van der Waals surface area (Å²) in [4.78, 5) is 0. The Bertz CT molecular complexity index is 237. The van der Waals surface area contributed by atoms with Crippen molar-refractivity contribution in [3.05, 3.63) is 35.9 Å². The van der Waals surface area contributed by atoms with E-state index >= 15 is 0 Å². The molecule has 0 bridgehead atoms. The smallest absolute Gasteiger partial charge is 0.114 e. The molecule has 10 heavy (non-hydrogen) atoms. The first-order valence-electron chi connectivity index (χ1n) is 2.97. The van der Waals surface area contributed by atoms with Crippen molar-refractivity contribution in [1.82, 2.24) is 0 Å². The van der Waals surface area contributed by atoms with Crippen molar-refractivity contribution in [3.63, 3.8) is 0 Å². The van der Waals surface area contributed by atoms with Gasteiger partial charge in [-0.3, -0.25) is 0 Å². The van der Waals surface area contributed by atoms with Gasteiger partial charge in [0.1, 0.15) is 5.25 Å². The summed E-state index contributed by atoms with van der Waals surface area (Å²) in [5.74, 6) is 0. The molecule has 1 aromatic carbocycles. The Kier molecular flexibility index (Phi) is 2.35. The zero-order valence-corrected chi connectivity index (χ0v) is 6.25. The van der Waals surface area contributed by atoms with Gasteiger partial charge in [0.25, 0.3) is 0 Å². The number of nitriles is 1. The molecule has 0 aliphatic carbocycles. The van der Waals surface area contributed by atoms with E-state index in [2.05, 4.69) is 12.6 Å². The molecule has 1 nitrogen and oxygen atoms in total. The fourth-order valence-corrected chi connectivity index (χ4v) is 0.882. The molecule has 0 spiro atoms. The predicted octanol–water partition coefficient (Wildman–Crippen LogP) is 2.18. The predicted molar refractivity (Wildman–Crippen MR) is 43.8 cm³/mol. The molecule has 0 aliphatic heterocycles.